The van der Waals surface area contributed by atoms with Crippen molar-refractivity contribution >= 4 is 18.0 Å². The van der Waals surface area contributed by atoms with Gasteiger partial charge in [-0.2, -0.15) is 4.89 Å². The molecule has 1 aromatic carbocycles. The van der Waals surface area contributed by atoms with Crippen molar-refractivity contribution < 1.29 is 38.4 Å². The average Bonchev–Trinajstić information content (AvgIpc) is 2.64. The lowest BCUT2D eigenvalue weighted by molar-refractivity contribution is -0.387. The third-order valence-corrected chi connectivity index (χ3v) is 3.19. The van der Waals surface area contributed by atoms with Crippen LogP contribution in [0.1, 0.15) is 25.8 Å². The zero-order valence-corrected chi connectivity index (χ0v) is 15.1. The van der Waals surface area contributed by atoms with Gasteiger partial charge in [-0.1, -0.05) is 30.3 Å². The second-order valence-corrected chi connectivity index (χ2v) is 5.63. The molecular formula is C17H23NO8. The van der Waals surface area contributed by atoms with Crippen LogP contribution >= 0.6 is 0 Å². The van der Waals surface area contributed by atoms with Gasteiger partial charge in [0.05, 0.1) is 13.5 Å². The highest BCUT2D eigenvalue weighted by molar-refractivity contribution is 5.86. The van der Waals surface area contributed by atoms with Crippen molar-refractivity contribution in [2.75, 3.05) is 14.2 Å². The Kier molecular flexibility index (Phi) is 8.53. The lowest BCUT2D eigenvalue weighted by Gasteiger charge is -2.21. The summed E-state index contributed by atoms with van der Waals surface area (Å²) in [7, 11) is 2.50. The lowest BCUT2D eigenvalue weighted by atomic mass is 10.2. The molecule has 9 heteroatoms. The molecule has 1 amide bonds. The summed E-state index contributed by atoms with van der Waals surface area (Å²) in [6.45, 7) is 3.06. The Morgan fingerprint density at radius 2 is 1.77 bits per heavy atom. The minimum Gasteiger partial charge on any atom is -0.467 e. The van der Waals surface area contributed by atoms with Gasteiger partial charge in [0.25, 0.3) is 0 Å². The van der Waals surface area contributed by atoms with Crippen LogP contribution in [0.15, 0.2) is 30.3 Å². The molecule has 0 heterocycles. The lowest BCUT2D eigenvalue weighted by Crippen LogP contribution is -2.43. The number of carbonyl (C=O) groups excluding carboxylic acids is 3. The zero-order chi connectivity index (χ0) is 19.6. The number of amides is 1. The molecular weight excluding hydrogens is 346 g/mol. The number of alkyl carbamates (subject to hydrolysis) is 1. The summed E-state index contributed by atoms with van der Waals surface area (Å²) in [5.41, 5.74) is 0.770. The second-order valence-electron chi connectivity index (χ2n) is 5.63. The van der Waals surface area contributed by atoms with Crippen LogP contribution < -0.4 is 5.32 Å². The maximum Gasteiger partial charge on any atom is 0.408 e. The van der Waals surface area contributed by atoms with Crippen LogP contribution in [-0.4, -0.2) is 44.1 Å². The molecule has 144 valence electrons. The van der Waals surface area contributed by atoms with Gasteiger partial charge in [0.15, 0.2) is 0 Å². The molecule has 0 aliphatic heterocycles. The molecule has 0 radical (unpaired) electrons. The van der Waals surface area contributed by atoms with Crippen molar-refractivity contribution in [3.63, 3.8) is 0 Å². The fourth-order valence-electron chi connectivity index (χ4n) is 1.62. The van der Waals surface area contributed by atoms with Gasteiger partial charge in [-0.3, -0.25) is 4.89 Å². The normalized spacial score (nSPS) is 12.0. The summed E-state index contributed by atoms with van der Waals surface area (Å²) in [5.74, 6) is -2.88. The number of nitrogens with one attached hydrogen (secondary N) is 1. The average molecular weight is 369 g/mol. The predicted molar refractivity (Wildman–Crippen MR) is 88.4 cm³/mol. The van der Waals surface area contributed by atoms with E-state index >= 15 is 0 Å². The Morgan fingerprint density at radius 3 is 2.35 bits per heavy atom. The van der Waals surface area contributed by atoms with Gasteiger partial charge in [0, 0.05) is 7.11 Å². The molecule has 1 aromatic rings. The molecule has 9 nitrogen and oxygen atoms in total. The standard InChI is InChI=1S/C17H23NO8/c1-17(2,23-4)26-25-14(19)10-13(15(20)22-3)18-16(21)24-11-12-8-6-5-7-9-12/h5-9,13H,10-11H2,1-4H3,(H,18,21)/t13-/m0/s1. The summed E-state index contributed by atoms with van der Waals surface area (Å²) >= 11 is 0. The van der Waals surface area contributed by atoms with Crippen molar-refractivity contribution in [2.24, 2.45) is 0 Å². The van der Waals surface area contributed by atoms with E-state index < -0.39 is 36.3 Å². The van der Waals surface area contributed by atoms with Crippen molar-refractivity contribution in [2.45, 2.75) is 38.7 Å². The summed E-state index contributed by atoms with van der Waals surface area (Å²) in [4.78, 5) is 44.8. The first-order chi connectivity index (χ1) is 12.3. The number of rotatable bonds is 9. The van der Waals surface area contributed by atoms with E-state index in [-0.39, 0.29) is 6.61 Å². The first kappa shape index (κ1) is 21.4. The SMILES string of the molecule is COC(=O)[C@H](CC(=O)OOC(C)(C)OC)NC(=O)OCc1ccccc1. The number of hydrogen-bond donors (Lipinski definition) is 1. The van der Waals surface area contributed by atoms with Gasteiger partial charge < -0.3 is 19.5 Å². The van der Waals surface area contributed by atoms with Gasteiger partial charge in [0.2, 0.25) is 5.79 Å². The Labute approximate surface area is 151 Å². The van der Waals surface area contributed by atoms with Crippen molar-refractivity contribution in [3.8, 4) is 0 Å². The van der Waals surface area contributed by atoms with E-state index in [0.717, 1.165) is 12.7 Å². The molecule has 0 fully saturated rings. The summed E-state index contributed by atoms with van der Waals surface area (Å²) < 4.78 is 14.5. The van der Waals surface area contributed by atoms with E-state index in [9.17, 15) is 14.4 Å². The highest BCUT2D eigenvalue weighted by atomic mass is 17.2. The van der Waals surface area contributed by atoms with E-state index in [1.54, 1.807) is 24.3 Å². The van der Waals surface area contributed by atoms with Crippen LogP contribution in [0.3, 0.4) is 0 Å². The minimum absolute atomic E-state index is 0.0101. The highest BCUT2D eigenvalue weighted by Crippen LogP contribution is 2.11. The largest absolute Gasteiger partial charge is 0.467 e. The fraction of sp³-hybridized carbons (Fsp3) is 0.471. The summed E-state index contributed by atoms with van der Waals surface area (Å²) in [6.07, 6.45) is -1.39. The van der Waals surface area contributed by atoms with Crippen molar-refractivity contribution in [3.05, 3.63) is 35.9 Å². The topological polar surface area (TPSA) is 109 Å². The number of benzene rings is 1. The zero-order valence-electron chi connectivity index (χ0n) is 15.1. The number of hydrogen-bond acceptors (Lipinski definition) is 8. The molecule has 0 spiro atoms. The van der Waals surface area contributed by atoms with E-state index in [4.69, 9.17) is 14.4 Å². The second kappa shape index (κ2) is 10.4. The molecule has 1 atom stereocenters. The summed E-state index contributed by atoms with van der Waals surface area (Å²) in [6, 6.07) is 7.69. The Bertz CT molecular complexity index is 602. The van der Waals surface area contributed by atoms with E-state index in [1.807, 2.05) is 6.07 Å². The van der Waals surface area contributed by atoms with Crippen LogP contribution in [-0.2, 0) is 40.2 Å². The van der Waals surface area contributed by atoms with E-state index in [2.05, 4.69) is 14.9 Å². The quantitative estimate of drug-likeness (QED) is 0.303. The van der Waals surface area contributed by atoms with Crippen molar-refractivity contribution in [1.82, 2.24) is 5.32 Å². The molecule has 1 N–H and O–H groups in total. The number of esters is 1. The molecule has 0 saturated heterocycles. The van der Waals surface area contributed by atoms with Crippen LogP contribution in [0.5, 0.6) is 0 Å². The van der Waals surface area contributed by atoms with Gasteiger partial charge in [-0.25, -0.2) is 14.4 Å². The van der Waals surface area contributed by atoms with Crippen LogP contribution in [0.25, 0.3) is 0 Å². The maximum absolute atomic E-state index is 11.8. The molecule has 0 bridgehead atoms. The predicted octanol–water partition coefficient (Wildman–Crippen LogP) is 1.70. The first-order valence-corrected chi connectivity index (χ1v) is 7.76. The molecule has 26 heavy (non-hydrogen) atoms. The van der Waals surface area contributed by atoms with Gasteiger partial charge in [-0.15, -0.1) is 0 Å². The third-order valence-electron chi connectivity index (χ3n) is 3.19. The van der Waals surface area contributed by atoms with Gasteiger partial charge >= 0.3 is 18.0 Å². The summed E-state index contributed by atoms with van der Waals surface area (Å²) in [5, 5.41) is 2.26. The van der Waals surface area contributed by atoms with Crippen LogP contribution in [0, 0.1) is 0 Å². The van der Waals surface area contributed by atoms with E-state index in [1.165, 1.54) is 21.0 Å². The molecule has 0 aromatic heterocycles. The third kappa shape index (κ3) is 7.95. The van der Waals surface area contributed by atoms with E-state index in [0.29, 0.717) is 0 Å². The highest BCUT2D eigenvalue weighted by Gasteiger charge is 2.28. The first-order valence-electron chi connectivity index (χ1n) is 7.76. The van der Waals surface area contributed by atoms with Gasteiger partial charge in [0.1, 0.15) is 12.6 Å². The minimum atomic E-state index is -1.29. The van der Waals surface area contributed by atoms with Crippen LogP contribution in [0.2, 0.25) is 0 Å². The molecule has 0 unspecified atom stereocenters. The smallest absolute Gasteiger partial charge is 0.408 e. The van der Waals surface area contributed by atoms with Crippen molar-refractivity contribution in [1.29, 1.82) is 0 Å². The molecule has 0 aliphatic carbocycles. The molecule has 0 aliphatic rings. The fourth-order valence-corrected chi connectivity index (χ4v) is 1.62. The number of ether oxygens (including phenoxy) is 3. The molecule has 1 rings (SSSR count). The number of methoxy groups -OCH3 is 2. The number of carbonyl (C=O) groups is 3. The Balaban J connectivity index is 2.53. The van der Waals surface area contributed by atoms with Crippen LogP contribution in [0.4, 0.5) is 4.79 Å². The monoisotopic (exact) mass is 369 g/mol. The Hall–Kier alpha value is -2.65. The van der Waals surface area contributed by atoms with Gasteiger partial charge in [-0.05, 0) is 19.4 Å². The maximum atomic E-state index is 11.8. The molecule has 0 saturated carbocycles. The Morgan fingerprint density at radius 1 is 1.12 bits per heavy atom.